The van der Waals surface area contributed by atoms with Crippen LogP contribution in [0, 0.1) is 5.92 Å². The standard InChI is InChI=1S/C20H31N3O2/c1-3-12-23(13-4-2)20(25)15-8-10-17(11-9-15)22-19(24)14-16-6-5-7-18(16)21/h8-11,16,18H,3-7,12-14,21H2,1-2H3,(H,22,24)/t16-,18+/m0/s1. The smallest absolute Gasteiger partial charge is 0.253 e. The van der Waals surface area contributed by atoms with Crippen molar-refractivity contribution in [2.45, 2.75) is 58.4 Å². The zero-order valence-electron chi connectivity index (χ0n) is 15.5. The summed E-state index contributed by atoms with van der Waals surface area (Å²) in [4.78, 5) is 26.6. The van der Waals surface area contributed by atoms with Crippen LogP contribution < -0.4 is 11.1 Å². The number of hydrogen-bond donors (Lipinski definition) is 2. The van der Waals surface area contributed by atoms with Gasteiger partial charge in [-0.05, 0) is 55.9 Å². The summed E-state index contributed by atoms with van der Waals surface area (Å²) >= 11 is 0. The fourth-order valence-corrected chi connectivity index (χ4v) is 3.50. The lowest BCUT2D eigenvalue weighted by molar-refractivity contribution is -0.117. The van der Waals surface area contributed by atoms with E-state index in [0.29, 0.717) is 12.0 Å². The van der Waals surface area contributed by atoms with Crippen LogP contribution in [-0.2, 0) is 4.79 Å². The maximum absolute atomic E-state index is 12.5. The molecular weight excluding hydrogens is 314 g/mol. The van der Waals surface area contributed by atoms with Crippen molar-refractivity contribution in [3.8, 4) is 0 Å². The zero-order chi connectivity index (χ0) is 18.2. The average Bonchev–Trinajstić information content (AvgIpc) is 2.99. The molecule has 0 radical (unpaired) electrons. The Morgan fingerprint density at radius 2 is 1.76 bits per heavy atom. The van der Waals surface area contributed by atoms with Gasteiger partial charge in [0.05, 0.1) is 0 Å². The predicted molar refractivity (Wildman–Crippen MR) is 101 cm³/mol. The first kappa shape index (κ1) is 19.4. The first-order valence-corrected chi connectivity index (χ1v) is 9.49. The van der Waals surface area contributed by atoms with Gasteiger partial charge in [-0.1, -0.05) is 20.3 Å². The van der Waals surface area contributed by atoms with Gasteiger partial charge >= 0.3 is 0 Å². The molecule has 0 spiro atoms. The minimum Gasteiger partial charge on any atom is -0.339 e. The van der Waals surface area contributed by atoms with E-state index in [1.807, 2.05) is 4.90 Å². The molecule has 2 atom stereocenters. The van der Waals surface area contributed by atoms with Crippen molar-refractivity contribution in [2.24, 2.45) is 11.7 Å². The number of amides is 2. The Morgan fingerprint density at radius 1 is 1.12 bits per heavy atom. The number of nitrogens with zero attached hydrogens (tertiary/aromatic N) is 1. The number of hydrogen-bond acceptors (Lipinski definition) is 3. The number of carbonyl (C=O) groups is 2. The molecule has 3 N–H and O–H groups in total. The Labute approximate surface area is 151 Å². The first-order valence-electron chi connectivity index (χ1n) is 9.49. The van der Waals surface area contributed by atoms with Gasteiger partial charge in [-0.2, -0.15) is 0 Å². The lowest BCUT2D eigenvalue weighted by Gasteiger charge is -2.21. The molecule has 0 aliphatic heterocycles. The second-order valence-corrected chi connectivity index (χ2v) is 6.98. The van der Waals surface area contributed by atoms with Crippen LogP contribution in [0.2, 0.25) is 0 Å². The van der Waals surface area contributed by atoms with Crippen LogP contribution in [0.5, 0.6) is 0 Å². The lowest BCUT2D eigenvalue weighted by atomic mass is 10.00. The summed E-state index contributed by atoms with van der Waals surface area (Å²) in [5.41, 5.74) is 7.42. The second-order valence-electron chi connectivity index (χ2n) is 6.98. The van der Waals surface area contributed by atoms with Gasteiger partial charge in [-0.15, -0.1) is 0 Å². The van der Waals surface area contributed by atoms with Gasteiger partial charge in [0.2, 0.25) is 5.91 Å². The number of carbonyl (C=O) groups excluding carboxylic acids is 2. The van der Waals surface area contributed by atoms with E-state index in [1.165, 1.54) is 0 Å². The molecule has 0 aromatic heterocycles. The molecule has 1 aromatic carbocycles. The van der Waals surface area contributed by atoms with Crippen molar-refractivity contribution in [3.05, 3.63) is 29.8 Å². The highest BCUT2D eigenvalue weighted by molar-refractivity contribution is 5.95. The minimum atomic E-state index is 0.0000176. The van der Waals surface area contributed by atoms with Crippen LogP contribution in [0.1, 0.15) is 62.7 Å². The lowest BCUT2D eigenvalue weighted by Crippen LogP contribution is -2.32. The molecular formula is C20H31N3O2. The topological polar surface area (TPSA) is 75.4 Å². The van der Waals surface area contributed by atoms with Crippen molar-refractivity contribution in [1.82, 2.24) is 4.90 Å². The predicted octanol–water partition coefficient (Wildman–Crippen LogP) is 3.40. The molecule has 138 valence electrons. The molecule has 0 bridgehead atoms. The summed E-state index contributed by atoms with van der Waals surface area (Å²) in [5.74, 6) is 0.344. The van der Waals surface area contributed by atoms with Crippen molar-refractivity contribution >= 4 is 17.5 Å². The van der Waals surface area contributed by atoms with Gasteiger partial charge in [0.25, 0.3) is 5.91 Å². The van der Waals surface area contributed by atoms with Crippen LogP contribution in [0.4, 0.5) is 5.69 Å². The monoisotopic (exact) mass is 345 g/mol. The van der Waals surface area contributed by atoms with Gasteiger partial charge < -0.3 is 16.0 Å². The Kier molecular flexibility index (Phi) is 7.44. The Hall–Kier alpha value is -1.88. The third kappa shape index (κ3) is 5.56. The maximum atomic E-state index is 12.5. The number of rotatable bonds is 8. The largest absolute Gasteiger partial charge is 0.339 e. The fourth-order valence-electron chi connectivity index (χ4n) is 3.50. The van der Waals surface area contributed by atoms with Gasteiger partial charge in [-0.3, -0.25) is 9.59 Å². The van der Waals surface area contributed by atoms with Crippen molar-refractivity contribution < 1.29 is 9.59 Å². The molecule has 0 saturated heterocycles. The van der Waals surface area contributed by atoms with Gasteiger partial charge in [0, 0.05) is 36.8 Å². The molecule has 2 amide bonds. The number of nitrogens with one attached hydrogen (secondary N) is 1. The normalized spacial score (nSPS) is 19.6. The summed E-state index contributed by atoms with van der Waals surface area (Å²) in [6.45, 7) is 5.69. The van der Waals surface area contributed by atoms with Crippen LogP contribution in [0.25, 0.3) is 0 Å². The van der Waals surface area contributed by atoms with E-state index in [1.54, 1.807) is 24.3 Å². The van der Waals surface area contributed by atoms with Crippen LogP contribution in [0.3, 0.4) is 0 Å². The summed E-state index contributed by atoms with van der Waals surface area (Å²) in [7, 11) is 0. The molecule has 0 unspecified atom stereocenters. The minimum absolute atomic E-state index is 0.0000176. The van der Waals surface area contributed by atoms with Crippen LogP contribution in [-0.4, -0.2) is 35.8 Å². The Morgan fingerprint density at radius 3 is 2.28 bits per heavy atom. The third-order valence-electron chi connectivity index (χ3n) is 4.86. The molecule has 1 saturated carbocycles. The molecule has 25 heavy (non-hydrogen) atoms. The van der Waals surface area contributed by atoms with E-state index in [4.69, 9.17) is 5.73 Å². The molecule has 1 fully saturated rings. The Balaban J connectivity index is 1.92. The van der Waals surface area contributed by atoms with Crippen LogP contribution >= 0.6 is 0 Å². The van der Waals surface area contributed by atoms with Gasteiger partial charge in [0.1, 0.15) is 0 Å². The summed E-state index contributed by atoms with van der Waals surface area (Å²) in [5, 5.41) is 2.92. The number of anilines is 1. The zero-order valence-corrected chi connectivity index (χ0v) is 15.5. The molecule has 5 heteroatoms. The quantitative estimate of drug-likeness (QED) is 0.758. The van der Waals surface area contributed by atoms with E-state index in [0.717, 1.165) is 50.9 Å². The molecule has 1 aromatic rings. The first-order chi connectivity index (χ1) is 12.0. The molecule has 0 heterocycles. The van der Waals surface area contributed by atoms with Crippen molar-refractivity contribution in [3.63, 3.8) is 0 Å². The summed E-state index contributed by atoms with van der Waals surface area (Å²) in [6, 6.07) is 7.33. The molecule has 1 aliphatic rings. The molecule has 5 nitrogen and oxygen atoms in total. The number of benzene rings is 1. The second kappa shape index (κ2) is 9.56. The van der Waals surface area contributed by atoms with E-state index in [9.17, 15) is 9.59 Å². The highest BCUT2D eigenvalue weighted by Gasteiger charge is 2.26. The molecule has 1 aliphatic carbocycles. The summed E-state index contributed by atoms with van der Waals surface area (Å²) < 4.78 is 0. The SMILES string of the molecule is CCCN(CCC)C(=O)c1ccc(NC(=O)C[C@@H]2CCC[C@H]2N)cc1. The molecule has 2 rings (SSSR count). The summed E-state index contributed by atoms with van der Waals surface area (Å²) in [6.07, 6.45) is 5.53. The van der Waals surface area contributed by atoms with Crippen LogP contribution in [0.15, 0.2) is 24.3 Å². The van der Waals surface area contributed by atoms with E-state index in [2.05, 4.69) is 19.2 Å². The third-order valence-corrected chi connectivity index (χ3v) is 4.86. The van der Waals surface area contributed by atoms with Gasteiger partial charge in [-0.25, -0.2) is 0 Å². The number of nitrogens with two attached hydrogens (primary N) is 1. The van der Waals surface area contributed by atoms with E-state index < -0.39 is 0 Å². The highest BCUT2D eigenvalue weighted by Crippen LogP contribution is 2.27. The Bertz CT molecular complexity index is 565. The van der Waals surface area contributed by atoms with Gasteiger partial charge in [0.15, 0.2) is 0 Å². The van der Waals surface area contributed by atoms with E-state index in [-0.39, 0.29) is 23.8 Å². The maximum Gasteiger partial charge on any atom is 0.253 e. The van der Waals surface area contributed by atoms with Crippen molar-refractivity contribution in [2.75, 3.05) is 18.4 Å². The fraction of sp³-hybridized carbons (Fsp3) is 0.600. The van der Waals surface area contributed by atoms with Crippen molar-refractivity contribution in [1.29, 1.82) is 0 Å². The van der Waals surface area contributed by atoms with E-state index >= 15 is 0 Å². The highest BCUT2D eigenvalue weighted by atomic mass is 16.2. The average molecular weight is 345 g/mol.